The van der Waals surface area contributed by atoms with Crippen LogP contribution in [0.5, 0.6) is 0 Å². The Bertz CT molecular complexity index is 1070. The van der Waals surface area contributed by atoms with E-state index in [-0.39, 0.29) is 17.7 Å². The van der Waals surface area contributed by atoms with Crippen LogP contribution in [0, 0.1) is 0 Å². The zero-order chi connectivity index (χ0) is 23.0. The number of aryl methyl sites for hydroxylation is 1. The van der Waals surface area contributed by atoms with Crippen molar-refractivity contribution in [2.24, 2.45) is 0 Å². The van der Waals surface area contributed by atoms with Crippen LogP contribution < -0.4 is 5.32 Å². The third kappa shape index (κ3) is 6.08. The highest BCUT2D eigenvalue weighted by atomic mass is 32.1. The number of benzene rings is 2. The molecule has 33 heavy (non-hydrogen) atoms. The van der Waals surface area contributed by atoms with E-state index in [9.17, 15) is 14.4 Å². The second-order valence-corrected chi connectivity index (χ2v) is 8.97. The van der Waals surface area contributed by atoms with Gasteiger partial charge in [0, 0.05) is 43.9 Å². The Labute approximate surface area is 197 Å². The molecule has 0 aliphatic carbocycles. The molecular weight excluding hydrogens is 434 g/mol. The molecule has 1 aliphatic heterocycles. The van der Waals surface area contributed by atoms with Crippen molar-refractivity contribution < 1.29 is 14.4 Å². The van der Waals surface area contributed by atoms with Crippen molar-refractivity contribution in [3.05, 3.63) is 88.1 Å². The maximum absolute atomic E-state index is 12.9. The fourth-order valence-corrected chi connectivity index (χ4v) is 4.50. The Hall–Kier alpha value is -3.45. The van der Waals surface area contributed by atoms with Crippen LogP contribution in [0.25, 0.3) is 0 Å². The van der Waals surface area contributed by atoms with Crippen molar-refractivity contribution in [2.75, 3.05) is 31.5 Å². The smallest absolute Gasteiger partial charge is 0.265 e. The van der Waals surface area contributed by atoms with Crippen LogP contribution in [0.4, 0.5) is 5.69 Å². The monoisotopic (exact) mass is 461 g/mol. The van der Waals surface area contributed by atoms with Gasteiger partial charge in [-0.3, -0.25) is 14.4 Å². The molecule has 1 aliphatic rings. The molecule has 0 atom stereocenters. The van der Waals surface area contributed by atoms with E-state index in [0.717, 1.165) is 12.8 Å². The Morgan fingerprint density at radius 2 is 1.52 bits per heavy atom. The van der Waals surface area contributed by atoms with Crippen LogP contribution in [0.2, 0.25) is 0 Å². The van der Waals surface area contributed by atoms with Gasteiger partial charge in [0.2, 0.25) is 5.91 Å². The largest absolute Gasteiger partial charge is 0.339 e. The summed E-state index contributed by atoms with van der Waals surface area (Å²) in [5.41, 5.74) is 2.47. The quantitative estimate of drug-likeness (QED) is 0.570. The summed E-state index contributed by atoms with van der Waals surface area (Å²) in [6, 6.07) is 20.7. The summed E-state index contributed by atoms with van der Waals surface area (Å²) in [6.07, 6.45) is 2.26. The first-order valence-electron chi connectivity index (χ1n) is 11.2. The summed E-state index contributed by atoms with van der Waals surface area (Å²) in [6.45, 7) is 2.18. The van der Waals surface area contributed by atoms with E-state index in [0.29, 0.717) is 48.7 Å². The minimum Gasteiger partial charge on any atom is -0.339 e. The van der Waals surface area contributed by atoms with Crippen molar-refractivity contribution >= 4 is 34.7 Å². The molecule has 0 unspecified atom stereocenters. The maximum Gasteiger partial charge on any atom is 0.265 e. The summed E-state index contributed by atoms with van der Waals surface area (Å²) >= 11 is 1.38. The molecule has 2 aromatic carbocycles. The van der Waals surface area contributed by atoms with Crippen molar-refractivity contribution in [1.29, 1.82) is 0 Å². The van der Waals surface area contributed by atoms with Gasteiger partial charge in [0.1, 0.15) is 0 Å². The highest BCUT2D eigenvalue weighted by molar-refractivity contribution is 7.12. The van der Waals surface area contributed by atoms with Crippen LogP contribution in [0.1, 0.15) is 38.4 Å². The van der Waals surface area contributed by atoms with Gasteiger partial charge in [-0.05, 0) is 54.1 Å². The predicted octanol–water partition coefficient (Wildman–Crippen LogP) is 4.31. The number of thiophene rings is 1. The molecule has 1 aromatic heterocycles. The number of anilines is 1. The summed E-state index contributed by atoms with van der Waals surface area (Å²) in [4.78, 5) is 41.8. The number of hydrogen-bond donors (Lipinski definition) is 1. The first-order valence-corrected chi connectivity index (χ1v) is 12.0. The molecule has 3 amide bonds. The first-order chi connectivity index (χ1) is 16.1. The van der Waals surface area contributed by atoms with Gasteiger partial charge >= 0.3 is 0 Å². The molecule has 1 N–H and O–H groups in total. The third-order valence-electron chi connectivity index (χ3n) is 5.75. The summed E-state index contributed by atoms with van der Waals surface area (Å²) in [5.74, 6) is -0.0557. The van der Waals surface area contributed by atoms with Gasteiger partial charge in [0.05, 0.1) is 4.88 Å². The average Bonchev–Trinajstić information content (AvgIpc) is 3.40. The number of nitrogens with one attached hydrogen (secondary N) is 1. The molecule has 7 heteroatoms. The van der Waals surface area contributed by atoms with E-state index in [2.05, 4.69) is 17.4 Å². The van der Waals surface area contributed by atoms with Crippen LogP contribution in [-0.4, -0.2) is 53.7 Å². The Balaban J connectivity index is 1.22. The SMILES string of the molecule is O=C(Nc1ccc(C(=O)N2CCN(C(=O)CCCc3ccccc3)CC2)cc1)c1cccs1. The highest BCUT2D eigenvalue weighted by Gasteiger charge is 2.24. The number of carbonyl (C=O) groups excluding carboxylic acids is 3. The minimum absolute atomic E-state index is 0.0534. The Morgan fingerprint density at radius 1 is 0.818 bits per heavy atom. The molecular formula is C26H27N3O3S. The van der Waals surface area contributed by atoms with Crippen LogP contribution in [0.15, 0.2) is 72.1 Å². The van der Waals surface area contributed by atoms with Gasteiger partial charge in [-0.1, -0.05) is 36.4 Å². The average molecular weight is 462 g/mol. The van der Waals surface area contributed by atoms with E-state index < -0.39 is 0 Å². The lowest BCUT2D eigenvalue weighted by molar-refractivity contribution is -0.132. The van der Waals surface area contributed by atoms with Crippen molar-refractivity contribution in [3.63, 3.8) is 0 Å². The molecule has 3 aromatic rings. The van der Waals surface area contributed by atoms with E-state index >= 15 is 0 Å². The van der Waals surface area contributed by atoms with Gasteiger partial charge < -0.3 is 15.1 Å². The lowest BCUT2D eigenvalue weighted by Crippen LogP contribution is -2.50. The van der Waals surface area contributed by atoms with Gasteiger partial charge in [0.15, 0.2) is 0 Å². The first kappa shape index (κ1) is 22.7. The van der Waals surface area contributed by atoms with Crippen molar-refractivity contribution in [1.82, 2.24) is 9.80 Å². The van der Waals surface area contributed by atoms with Crippen molar-refractivity contribution in [3.8, 4) is 0 Å². The number of amides is 3. The number of carbonyl (C=O) groups is 3. The third-order valence-corrected chi connectivity index (χ3v) is 6.62. The van der Waals surface area contributed by atoms with Gasteiger partial charge in [-0.25, -0.2) is 0 Å². The van der Waals surface area contributed by atoms with Gasteiger partial charge in [-0.15, -0.1) is 11.3 Å². The standard InChI is InChI=1S/C26H27N3O3S/c30-24(10-4-8-20-6-2-1-3-7-20)28-15-17-29(18-16-28)26(32)21-11-13-22(14-12-21)27-25(31)23-9-5-19-33-23/h1-3,5-7,9,11-14,19H,4,8,10,15-18H2,(H,27,31). The topological polar surface area (TPSA) is 69.7 Å². The van der Waals surface area contributed by atoms with Crippen LogP contribution >= 0.6 is 11.3 Å². The number of rotatable bonds is 7. The lowest BCUT2D eigenvalue weighted by atomic mass is 10.1. The molecule has 1 saturated heterocycles. The van der Waals surface area contributed by atoms with Crippen molar-refractivity contribution in [2.45, 2.75) is 19.3 Å². The summed E-state index contributed by atoms with van der Waals surface area (Å²) in [7, 11) is 0. The zero-order valence-corrected chi connectivity index (χ0v) is 19.2. The molecule has 0 bridgehead atoms. The number of nitrogens with zero attached hydrogens (tertiary/aromatic N) is 2. The highest BCUT2D eigenvalue weighted by Crippen LogP contribution is 2.16. The zero-order valence-electron chi connectivity index (χ0n) is 18.4. The number of piperazine rings is 1. The van der Waals surface area contributed by atoms with E-state index in [1.807, 2.05) is 34.5 Å². The van der Waals surface area contributed by atoms with Crippen LogP contribution in [0.3, 0.4) is 0 Å². The van der Waals surface area contributed by atoms with E-state index in [4.69, 9.17) is 0 Å². The molecule has 170 valence electrons. The Morgan fingerprint density at radius 3 is 2.18 bits per heavy atom. The summed E-state index contributed by atoms with van der Waals surface area (Å²) < 4.78 is 0. The fraction of sp³-hybridized carbons (Fsp3) is 0.269. The second-order valence-electron chi connectivity index (χ2n) is 8.02. The molecule has 6 nitrogen and oxygen atoms in total. The number of hydrogen-bond acceptors (Lipinski definition) is 4. The molecule has 4 rings (SSSR count). The van der Waals surface area contributed by atoms with E-state index in [1.165, 1.54) is 16.9 Å². The normalized spacial score (nSPS) is 13.6. The van der Waals surface area contributed by atoms with Gasteiger partial charge in [0.25, 0.3) is 11.8 Å². The second kappa shape index (κ2) is 10.9. The molecule has 0 radical (unpaired) electrons. The fourth-order valence-electron chi connectivity index (χ4n) is 3.88. The molecule has 0 spiro atoms. The lowest BCUT2D eigenvalue weighted by Gasteiger charge is -2.35. The molecule has 0 saturated carbocycles. The maximum atomic E-state index is 12.9. The van der Waals surface area contributed by atoms with Gasteiger partial charge in [-0.2, -0.15) is 0 Å². The predicted molar refractivity (Wildman–Crippen MR) is 131 cm³/mol. The minimum atomic E-state index is -0.159. The van der Waals surface area contributed by atoms with Crippen LogP contribution in [-0.2, 0) is 11.2 Å². The summed E-state index contributed by atoms with van der Waals surface area (Å²) in [5, 5.41) is 4.69. The molecule has 1 fully saturated rings. The molecule has 2 heterocycles. The van der Waals surface area contributed by atoms with E-state index in [1.54, 1.807) is 35.2 Å². The Kier molecular flexibility index (Phi) is 7.52.